The van der Waals surface area contributed by atoms with Gasteiger partial charge >= 0.3 is 0 Å². The van der Waals surface area contributed by atoms with Crippen LogP contribution in [0, 0.1) is 11.8 Å². The van der Waals surface area contributed by atoms with E-state index in [4.69, 9.17) is 0 Å². The number of anilines is 1. The fraction of sp³-hybridized carbons (Fsp3) is 0.688. The standard InChI is InChI=1S/C16H27N3/c1-4-8-17-11-14-6-5-9-18-16(14)19-10-7-15(12-19)13(2)3/h5-6,9,13,15,17H,4,7-8,10-12H2,1-3H3. The van der Waals surface area contributed by atoms with Crippen LogP contribution in [0.3, 0.4) is 0 Å². The van der Waals surface area contributed by atoms with Gasteiger partial charge < -0.3 is 10.2 Å². The second-order valence-corrected chi connectivity index (χ2v) is 5.90. The molecule has 1 aromatic heterocycles. The van der Waals surface area contributed by atoms with E-state index in [1.54, 1.807) is 0 Å². The second kappa shape index (κ2) is 6.90. The average Bonchev–Trinajstić information content (AvgIpc) is 2.89. The first-order chi connectivity index (χ1) is 9.22. The smallest absolute Gasteiger partial charge is 0.133 e. The third-order valence-corrected chi connectivity index (χ3v) is 4.08. The van der Waals surface area contributed by atoms with Gasteiger partial charge in [-0.2, -0.15) is 0 Å². The fourth-order valence-electron chi connectivity index (χ4n) is 2.78. The van der Waals surface area contributed by atoms with Crippen LogP contribution in [0.5, 0.6) is 0 Å². The van der Waals surface area contributed by atoms with Gasteiger partial charge in [0.15, 0.2) is 0 Å². The van der Waals surface area contributed by atoms with Crippen LogP contribution >= 0.6 is 0 Å². The zero-order chi connectivity index (χ0) is 13.7. The average molecular weight is 261 g/mol. The van der Waals surface area contributed by atoms with Crippen LogP contribution < -0.4 is 10.2 Å². The van der Waals surface area contributed by atoms with Crippen molar-refractivity contribution in [2.24, 2.45) is 11.8 Å². The summed E-state index contributed by atoms with van der Waals surface area (Å²) in [7, 11) is 0. The number of nitrogens with zero attached hydrogens (tertiary/aromatic N) is 2. The van der Waals surface area contributed by atoms with E-state index in [1.807, 2.05) is 12.3 Å². The minimum absolute atomic E-state index is 0.773. The predicted molar refractivity (Wildman–Crippen MR) is 81.4 cm³/mol. The summed E-state index contributed by atoms with van der Waals surface area (Å²) >= 11 is 0. The first-order valence-electron chi connectivity index (χ1n) is 7.62. The zero-order valence-corrected chi connectivity index (χ0v) is 12.5. The minimum Gasteiger partial charge on any atom is -0.356 e. The Balaban J connectivity index is 2.03. The highest BCUT2D eigenvalue weighted by atomic mass is 15.2. The molecule has 1 fully saturated rings. The third kappa shape index (κ3) is 3.69. The molecular formula is C16H27N3. The minimum atomic E-state index is 0.773. The molecule has 1 N–H and O–H groups in total. The fourth-order valence-corrected chi connectivity index (χ4v) is 2.78. The summed E-state index contributed by atoms with van der Waals surface area (Å²) in [6.07, 6.45) is 4.39. The number of hydrogen-bond donors (Lipinski definition) is 1. The lowest BCUT2D eigenvalue weighted by Gasteiger charge is -2.21. The van der Waals surface area contributed by atoms with Gasteiger partial charge in [0.05, 0.1) is 0 Å². The van der Waals surface area contributed by atoms with Crippen molar-refractivity contribution in [2.75, 3.05) is 24.5 Å². The Kier molecular flexibility index (Phi) is 5.20. The molecule has 1 aliphatic heterocycles. The summed E-state index contributed by atoms with van der Waals surface area (Å²) < 4.78 is 0. The maximum atomic E-state index is 4.62. The largest absolute Gasteiger partial charge is 0.356 e. The molecule has 1 saturated heterocycles. The van der Waals surface area contributed by atoms with Crippen LogP contribution in [0.1, 0.15) is 39.2 Å². The summed E-state index contributed by atoms with van der Waals surface area (Å²) in [5, 5.41) is 3.48. The van der Waals surface area contributed by atoms with Crippen LogP contribution in [0.15, 0.2) is 18.3 Å². The summed E-state index contributed by atoms with van der Waals surface area (Å²) in [5.41, 5.74) is 1.33. The Morgan fingerprint density at radius 1 is 1.47 bits per heavy atom. The van der Waals surface area contributed by atoms with E-state index in [0.717, 1.165) is 38.0 Å². The molecule has 19 heavy (non-hydrogen) atoms. The monoisotopic (exact) mass is 261 g/mol. The van der Waals surface area contributed by atoms with Crippen molar-refractivity contribution in [1.29, 1.82) is 0 Å². The Bertz CT molecular complexity index is 389. The Morgan fingerprint density at radius 2 is 2.32 bits per heavy atom. The van der Waals surface area contributed by atoms with Crippen LogP contribution in [0.2, 0.25) is 0 Å². The van der Waals surface area contributed by atoms with Gasteiger partial charge in [0.1, 0.15) is 5.82 Å². The molecule has 0 bridgehead atoms. The molecule has 0 spiro atoms. The molecule has 0 saturated carbocycles. The number of nitrogens with one attached hydrogen (secondary N) is 1. The van der Waals surface area contributed by atoms with E-state index >= 15 is 0 Å². The van der Waals surface area contributed by atoms with Gasteiger partial charge in [-0.3, -0.25) is 0 Å². The van der Waals surface area contributed by atoms with E-state index in [0.29, 0.717) is 0 Å². The van der Waals surface area contributed by atoms with E-state index in [1.165, 1.54) is 24.2 Å². The summed E-state index contributed by atoms with van der Waals surface area (Å²) in [4.78, 5) is 7.09. The lowest BCUT2D eigenvalue weighted by Crippen LogP contribution is -2.25. The normalized spacial score (nSPS) is 19.4. The van der Waals surface area contributed by atoms with Gasteiger partial charge in [0.2, 0.25) is 0 Å². The van der Waals surface area contributed by atoms with Crippen molar-refractivity contribution in [3.8, 4) is 0 Å². The topological polar surface area (TPSA) is 28.2 Å². The van der Waals surface area contributed by atoms with Crippen molar-refractivity contribution in [3.05, 3.63) is 23.9 Å². The number of hydrogen-bond acceptors (Lipinski definition) is 3. The van der Waals surface area contributed by atoms with Gasteiger partial charge in [-0.25, -0.2) is 4.98 Å². The lowest BCUT2D eigenvalue weighted by molar-refractivity contribution is 0.422. The molecule has 1 atom stereocenters. The van der Waals surface area contributed by atoms with E-state index in [-0.39, 0.29) is 0 Å². The molecule has 1 aliphatic rings. The lowest BCUT2D eigenvalue weighted by atomic mass is 9.95. The van der Waals surface area contributed by atoms with Gasteiger partial charge in [-0.05, 0) is 37.3 Å². The first-order valence-corrected chi connectivity index (χ1v) is 7.62. The number of aromatic nitrogens is 1. The predicted octanol–water partition coefficient (Wildman–Crippen LogP) is 3.06. The van der Waals surface area contributed by atoms with Crippen LogP contribution in [0.25, 0.3) is 0 Å². The van der Waals surface area contributed by atoms with Crippen LogP contribution in [0.4, 0.5) is 5.82 Å². The van der Waals surface area contributed by atoms with Gasteiger partial charge in [0, 0.05) is 31.4 Å². The number of rotatable bonds is 6. The van der Waals surface area contributed by atoms with Gasteiger partial charge in [-0.15, -0.1) is 0 Å². The van der Waals surface area contributed by atoms with Crippen molar-refractivity contribution >= 4 is 5.82 Å². The van der Waals surface area contributed by atoms with E-state index < -0.39 is 0 Å². The molecule has 2 rings (SSSR count). The third-order valence-electron chi connectivity index (χ3n) is 4.08. The quantitative estimate of drug-likeness (QED) is 0.798. The molecule has 3 nitrogen and oxygen atoms in total. The molecule has 0 aliphatic carbocycles. The summed E-state index contributed by atoms with van der Waals surface area (Å²) in [5.74, 6) is 2.78. The molecule has 0 amide bonds. The Hall–Kier alpha value is -1.09. The maximum Gasteiger partial charge on any atom is 0.133 e. The molecular weight excluding hydrogens is 234 g/mol. The van der Waals surface area contributed by atoms with Gasteiger partial charge in [-0.1, -0.05) is 26.8 Å². The molecule has 3 heteroatoms. The first kappa shape index (κ1) is 14.3. The summed E-state index contributed by atoms with van der Waals surface area (Å²) in [6.45, 7) is 11.2. The molecule has 0 aromatic carbocycles. The van der Waals surface area contributed by atoms with Crippen molar-refractivity contribution < 1.29 is 0 Å². The highest BCUT2D eigenvalue weighted by molar-refractivity contribution is 5.47. The molecule has 0 radical (unpaired) electrons. The van der Waals surface area contributed by atoms with Crippen molar-refractivity contribution in [1.82, 2.24) is 10.3 Å². The Morgan fingerprint density at radius 3 is 3.00 bits per heavy atom. The summed E-state index contributed by atoms with van der Waals surface area (Å²) in [6, 6.07) is 4.25. The molecule has 2 heterocycles. The SMILES string of the molecule is CCCNCc1cccnc1N1CCC(C(C)C)C1. The van der Waals surface area contributed by atoms with Crippen molar-refractivity contribution in [3.63, 3.8) is 0 Å². The van der Waals surface area contributed by atoms with E-state index in [9.17, 15) is 0 Å². The van der Waals surface area contributed by atoms with Crippen molar-refractivity contribution in [2.45, 2.75) is 40.2 Å². The molecule has 1 unspecified atom stereocenters. The van der Waals surface area contributed by atoms with Gasteiger partial charge in [0.25, 0.3) is 0 Å². The highest BCUT2D eigenvalue weighted by Crippen LogP contribution is 2.28. The zero-order valence-electron chi connectivity index (χ0n) is 12.5. The Labute approximate surface area is 117 Å². The molecule has 1 aromatic rings. The second-order valence-electron chi connectivity index (χ2n) is 5.90. The van der Waals surface area contributed by atoms with E-state index in [2.05, 4.69) is 42.0 Å². The highest BCUT2D eigenvalue weighted by Gasteiger charge is 2.26. The molecule has 106 valence electrons. The van der Waals surface area contributed by atoms with Crippen LogP contribution in [-0.4, -0.2) is 24.6 Å². The maximum absolute atomic E-state index is 4.62. The van der Waals surface area contributed by atoms with Crippen LogP contribution in [-0.2, 0) is 6.54 Å². The number of pyridine rings is 1.